The van der Waals surface area contributed by atoms with E-state index >= 15 is 0 Å². The number of oxime groups is 1. The summed E-state index contributed by atoms with van der Waals surface area (Å²) in [6, 6.07) is 16.4. The van der Waals surface area contributed by atoms with Crippen LogP contribution in [0, 0.1) is 23.7 Å². The average molecular weight is 843 g/mol. The Morgan fingerprint density at radius 2 is 1.62 bits per heavy atom. The van der Waals surface area contributed by atoms with E-state index in [4.69, 9.17) is 28.5 Å². The first-order valence-corrected chi connectivity index (χ1v) is 21.3. The number of carbonyl (C=O) groups is 2. The van der Waals surface area contributed by atoms with Crippen LogP contribution >= 0.6 is 0 Å². The molecule has 0 saturated carbocycles. The largest absolute Gasteiger partial charge is 0.496 e. The first-order valence-electron chi connectivity index (χ1n) is 21.3. The molecule has 2 heterocycles. The van der Waals surface area contributed by atoms with Crippen molar-refractivity contribution in [2.24, 2.45) is 28.8 Å². The average Bonchev–Trinajstić information content (AvgIpc) is 3.20. The van der Waals surface area contributed by atoms with Crippen molar-refractivity contribution in [3.63, 3.8) is 0 Å². The fraction of sp³-hybridized carbons (Fsp3) is 0.674. The second-order valence-electron chi connectivity index (χ2n) is 17.6. The Morgan fingerprint density at radius 3 is 2.25 bits per heavy atom. The smallest absolute Gasteiger partial charge is 0.312 e. The first kappa shape index (κ1) is 49.0. The minimum atomic E-state index is -1.97. The van der Waals surface area contributed by atoms with E-state index in [1.165, 1.54) is 14.0 Å². The predicted molar refractivity (Wildman–Crippen MR) is 226 cm³/mol. The maximum absolute atomic E-state index is 14.3. The van der Waals surface area contributed by atoms with Gasteiger partial charge in [0.1, 0.15) is 36.3 Å². The number of benzene rings is 2. The zero-order valence-electron chi connectivity index (χ0n) is 37.3. The highest BCUT2D eigenvalue weighted by molar-refractivity contribution is 5.88. The molecule has 0 amide bonds. The van der Waals surface area contributed by atoms with Crippen LogP contribution in [-0.4, -0.2) is 131 Å². The Morgan fingerprint density at radius 1 is 0.967 bits per heavy atom. The van der Waals surface area contributed by atoms with Gasteiger partial charge in [0, 0.05) is 35.8 Å². The third kappa shape index (κ3) is 12.0. The van der Waals surface area contributed by atoms with Crippen molar-refractivity contribution in [1.82, 2.24) is 4.90 Å². The van der Waals surface area contributed by atoms with Gasteiger partial charge in [-0.2, -0.15) is 0 Å². The van der Waals surface area contributed by atoms with Crippen molar-refractivity contribution in [2.75, 3.05) is 27.8 Å². The molecule has 2 fully saturated rings. The van der Waals surface area contributed by atoms with Crippen LogP contribution in [0.5, 0.6) is 5.75 Å². The van der Waals surface area contributed by atoms with Crippen LogP contribution in [0.2, 0.25) is 0 Å². The fourth-order valence-corrected chi connectivity index (χ4v) is 8.92. The van der Waals surface area contributed by atoms with Gasteiger partial charge in [-0.05, 0) is 72.7 Å². The predicted octanol–water partition coefficient (Wildman–Crippen LogP) is 4.71. The number of hydrogen-bond acceptors (Lipinski definition) is 14. The third-order valence-electron chi connectivity index (χ3n) is 12.4. The molecule has 0 radical (unpaired) electrons. The molecule has 60 heavy (non-hydrogen) atoms. The first-order chi connectivity index (χ1) is 28.2. The molecule has 0 bridgehead atoms. The number of cyclic esters (lactones) is 1. The lowest BCUT2D eigenvalue weighted by Crippen LogP contribution is -2.60. The van der Waals surface area contributed by atoms with Crippen LogP contribution in [0.15, 0.2) is 59.8 Å². The van der Waals surface area contributed by atoms with Gasteiger partial charge in [0.2, 0.25) is 0 Å². The highest BCUT2D eigenvalue weighted by Gasteiger charge is 2.52. The minimum absolute atomic E-state index is 0.0323. The molecule has 0 aliphatic carbocycles. The van der Waals surface area contributed by atoms with Crippen LogP contribution in [0.4, 0.5) is 0 Å². The number of aliphatic hydroxyl groups is 4. The Kier molecular flexibility index (Phi) is 17.5. The zero-order chi connectivity index (χ0) is 44.5. The van der Waals surface area contributed by atoms with Crippen molar-refractivity contribution in [1.29, 1.82) is 0 Å². The van der Waals surface area contributed by atoms with Crippen molar-refractivity contribution < 1.29 is 58.5 Å². The summed E-state index contributed by atoms with van der Waals surface area (Å²) in [4.78, 5) is 35.9. The number of carbonyl (C=O) groups excluding carboxylic acids is 2. The van der Waals surface area contributed by atoms with Gasteiger partial charge in [-0.15, -0.1) is 0 Å². The van der Waals surface area contributed by atoms with Crippen molar-refractivity contribution in [3.05, 3.63) is 65.7 Å². The number of rotatable bonds is 12. The fourth-order valence-electron chi connectivity index (χ4n) is 8.92. The number of ether oxygens (including phenoxy) is 5. The van der Waals surface area contributed by atoms with E-state index in [-0.39, 0.29) is 38.0 Å². The summed E-state index contributed by atoms with van der Waals surface area (Å²) >= 11 is 0. The zero-order valence-corrected chi connectivity index (χ0v) is 37.3. The van der Waals surface area contributed by atoms with Gasteiger partial charge >= 0.3 is 11.9 Å². The van der Waals surface area contributed by atoms with E-state index in [0.717, 1.165) is 5.56 Å². The van der Waals surface area contributed by atoms with E-state index in [1.54, 1.807) is 58.9 Å². The van der Waals surface area contributed by atoms with E-state index in [0.29, 0.717) is 29.9 Å². The van der Waals surface area contributed by atoms with Crippen molar-refractivity contribution in [2.45, 2.75) is 148 Å². The van der Waals surface area contributed by atoms with Gasteiger partial charge in [-0.3, -0.25) is 9.59 Å². The Bertz CT molecular complexity index is 1700. The number of aliphatic hydroxyl groups excluding tert-OH is 2. The molecular weight excluding hydrogens is 773 g/mol. The third-order valence-corrected chi connectivity index (χ3v) is 12.4. The molecule has 2 aliphatic rings. The summed E-state index contributed by atoms with van der Waals surface area (Å²) in [7, 11) is 5.21. The molecule has 0 spiro atoms. The molecule has 2 aromatic rings. The van der Waals surface area contributed by atoms with Gasteiger partial charge in [-0.25, -0.2) is 0 Å². The van der Waals surface area contributed by atoms with E-state index < -0.39 is 83.6 Å². The number of hydrogen-bond donors (Lipinski definition) is 4. The minimum Gasteiger partial charge on any atom is -0.496 e. The Balaban J connectivity index is 1.83. The molecule has 14 atom stereocenters. The van der Waals surface area contributed by atoms with Crippen LogP contribution in [0.1, 0.15) is 85.8 Å². The van der Waals surface area contributed by atoms with Crippen molar-refractivity contribution in [3.8, 4) is 5.75 Å². The Hall–Kier alpha value is -3.63. The summed E-state index contributed by atoms with van der Waals surface area (Å²) in [6.07, 6.45) is -6.85. The van der Waals surface area contributed by atoms with Gasteiger partial charge < -0.3 is 53.8 Å². The van der Waals surface area contributed by atoms with Gasteiger partial charge in [0.15, 0.2) is 6.29 Å². The maximum atomic E-state index is 14.3. The molecule has 4 N–H and O–H groups in total. The van der Waals surface area contributed by atoms with Gasteiger partial charge in [-0.1, -0.05) is 81.4 Å². The normalized spacial score (nSPS) is 36.6. The lowest BCUT2D eigenvalue weighted by molar-refractivity contribution is -0.299. The highest BCUT2D eigenvalue weighted by Crippen LogP contribution is 2.39. The number of para-hydroxylation sites is 1. The lowest BCUT2D eigenvalue weighted by atomic mass is 9.73. The van der Waals surface area contributed by atoms with E-state index in [9.17, 15) is 30.0 Å². The Labute approximate surface area is 356 Å². The molecule has 336 valence electrons. The van der Waals surface area contributed by atoms with Crippen LogP contribution in [-0.2, 0) is 46.2 Å². The molecule has 4 rings (SSSR count). The summed E-state index contributed by atoms with van der Waals surface area (Å²) in [6.45, 7) is 13.6. The van der Waals surface area contributed by atoms with Gasteiger partial charge in [0.05, 0.1) is 49.1 Å². The highest BCUT2D eigenvalue weighted by atomic mass is 16.7. The molecule has 0 unspecified atom stereocenters. The summed E-state index contributed by atoms with van der Waals surface area (Å²) in [5.74, 6) is -4.54. The summed E-state index contributed by atoms with van der Waals surface area (Å²) in [5.41, 5.74) is -1.80. The molecule has 0 aromatic heterocycles. The van der Waals surface area contributed by atoms with E-state index in [2.05, 4.69) is 5.16 Å². The summed E-state index contributed by atoms with van der Waals surface area (Å²) < 4.78 is 30.6. The SMILES string of the molecule is CC[C@@H]1OC(=O)[C@H](C)[C@@H](OC(=O)Cc2ccccc2OC)[C@H](C)[C@@H](O[C@@H]2O[C@H](C)C[C@H](N(C)C)[C@H]2O)[C@@](C)(O)C[C@H](C)/C(=N\OCCc2ccccc2)[C@@H](C)[C@@H](O)[C@]1(C)O. The molecular formula is C46H70N2O12. The topological polar surface area (TPSA) is 186 Å². The second-order valence-corrected chi connectivity index (χ2v) is 17.6. The van der Waals surface area contributed by atoms with Crippen LogP contribution in [0.25, 0.3) is 0 Å². The molecule has 14 nitrogen and oxygen atoms in total. The van der Waals surface area contributed by atoms with Crippen molar-refractivity contribution >= 4 is 17.7 Å². The lowest BCUT2D eigenvalue weighted by Gasteiger charge is -2.47. The number of methoxy groups -OCH3 is 1. The molecule has 2 saturated heterocycles. The number of esters is 2. The maximum Gasteiger partial charge on any atom is 0.312 e. The quantitative estimate of drug-likeness (QED) is 0.131. The van der Waals surface area contributed by atoms with Crippen LogP contribution < -0.4 is 4.74 Å². The number of nitrogens with zero attached hydrogens (tertiary/aromatic N) is 2. The van der Waals surface area contributed by atoms with Crippen LogP contribution in [0.3, 0.4) is 0 Å². The van der Waals surface area contributed by atoms with Gasteiger partial charge in [0.25, 0.3) is 0 Å². The second kappa shape index (κ2) is 21.4. The summed E-state index contributed by atoms with van der Waals surface area (Å²) in [5, 5.41) is 52.9. The standard InChI is InChI=1S/C46H70N2O12/c1-12-36-46(8,54)41(51)29(4)38(47-56-23-22-32-18-14-13-15-19-32)27(2)26-45(7,53)42(60-44-39(50)34(48(9)10)24-28(3)57-44)30(5)40(31(6)43(52)58-36)59-37(49)25-33-20-16-17-21-35(33)55-11/h13-21,27-31,34,36,39-42,44,50-51,53-54H,12,22-26H2,1-11H3/b47-38+/t27-,28+,29+,30-,31+,34-,36-,39+,40-,41+,42+,44-,45-,46+/m0/s1. The molecule has 2 aliphatic heterocycles. The molecule has 14 heteroatoms. The number of likely N-dealkylation sites (N-methyl/N-ethyl adjacent to an activating group) is 1. The monoisotopic (exact) mass is 842 g/mol. The molecule has 2 aromatic carbocycles. The van der Waals surface area contributed by atoms with E-state index in [1.807, 2.05) is 63.2 Å².